The number of aryl methyl sites for hydroxylation is 2. The molecule has 23 heavy (non-hydrogen) atoms. The number of carbonyl (C=O) groups excluding carboxylic acids is 1. The average molecular weight is 323 g/mol. The SMILES string of the molecule is C#CCCC.C#CCC[18F].CC(=O)CCn1cc(CC[18F])nn1. The third-order valence-corrected chi connectivity index (χ3v) is 2.26. The van der Waals surface area contributed by atoms with E-state index in [-0.39, 0.29) is 12.2 Å². The fourth-order valence-electron chi connectivity index (χ4n) is 1.13. The maximum absolute atomic E-state index is 11.9. The summed E-state index contributed by atoms with van der Waals surface area (Å²) in [5, 5.41) is 7.50. The molecule has 0 aliphatic rings. The van der Waals surface area contributed by atoms with Gasteiger partial charge in [-0.2, -0.15) is 0 Å². The van der Waals surface area contributed by atoms with Crippen LogP contribution in [0.1, 0.15) is 45.2 Å². The van der Waals surface area contributed by atoms with Gasteiger partial charge < -0.3 is 0 Å². The van der Waals surface area contributed by atoms with E-state index in [2.05, 4.69) is 35.5 Å². The summed E-state index contributed by atoms with van der Waals surface area (Å²) in [6.45, 7) is 3.30. The van der Waals surface area contributed by atoms with Gasteiger partial charge in [0, 0.05) is 38.4 Å². The quantitative estimate of drug-likeness (QED) is 0.724. The van der Waals surface area contributed by atoms with Crippen molar-refractivity contribution in [2.24, 2.45) is 0 Å². The van der Waals surface area contributed by atoms with Crippen molar-refractivity contribution in [3.8, 4) is 24.7 Å². The molecule has 0 bridgehead atoms. The molecule has 0 N–H and O–H groups in total. The van der Waals surface area contributed by atoms with Crippen LogP contribution < -0.4 is 0 Å². The van der Waals surface area contributed by atoms with Crippen LogP contribution in [0.5, 0.6) is 0 Å². The molecule has 0 atom stereocenters. The first-order valence-electron chi connectivity index (χ1n) is 7.42. The van der Waals surface area contributed by atoms with E-state index in [1.54, 1.807) is 10.9 Å². The van der Waals surface area contributed by atoms with E-state index in [4.69, 9.17) is 6.42 Å². The van der Waals surface area contributed by atoms with Gasteiger partial charge >= 0.3 is 0 Å². The van der Waals surface area contributed by atoms with Crippen LogP contribution >= 0.6 is 0 Å². The van der Waals surface area contributed by atoms with Gasteiger partial charge in [-0.05, 0) is 13.3 Å². The number of aromatic nitrogens is 3. The van der Waals surface area contributed by atoms with Gasteiger partial charge in [0.05, 0.1) is 12.4 Å². The van der Waals surface area contributed by atoms with Gasteiger partial charge in [0.2, 0.25) is 0 Å². The summed E-state index contributed by atoms with van der Waals surface area (Å²) < 4.78 is 24.3. The maximum atomic E-state index is 11.9. The molecule has 128 valence electrons. The van der Waals surface area contributed by atoms with Crippen molar-refractivity contribution in [3.63, 3.8) is 0 Å². The first kappa shape index (κ1) is 23.1. The maximum Gasteiger partial charge on any atom is 0.131 e. The molecule has 0 unspecified atom stereocenters. The summed E-state index contributed by atoms with van der Waals surface area (Å²) in [5.74, 6) is 4.77. The number of Topliss-reactive ketones (excluding diaryl/α,β-unsaturated/α-hetero) is 1. The van der Waals surface area contributed by atoms with Crippen LogP contribution in [0.2, 0.25) is 0 Å². The van der Waals surface area contributed by atoms with Gasteiger partial charge in [0.15, 0.2) is 0 Å². The van der Waals surface area contributed by atoms with Crippen LogP contribution in [0.4, 0.5) is 8.78 Å². The number of nitrogens with zero attached hydrogens (tertiary/aromatic N) is 3. The molecule has 0 spiro atoms. The highest BCUT2D eigenvalue weighted by Gasteiger charge is 2.00. The second-order valence-electron chi connectivity index (χ2n) is 4.46. The average Bonchev–Trinajstić information content (AvgIpc) is 2.96. The van der Waals surface area contributed by atoms with Crippen LogP contribution in [-0.4, -0.2) is 34.1 Å². The van der Waals surface area contributed by atoms with Crippen molar-refractivity contribution >= 4 is 5.78 Å². The Hall–Kier alpha value is -2.21. The Morgan fingerprint density at radius 1 is 1.26 bits per heavy atom. The Kier molecular flexibility index (Phi) is 17.9. The molecule has 0 radical (unpaired) electrons. The molecular formula is C17H25F2N3O. The van der Waals surface area contributed by atoms with Crippen molar-refractivity contribution < 1.29 is 13.6 Å². The highest BCUT2D eigenvalue weighted by Crippen LogP contribution is 1.96. The van der Waals surface area contributed by atoms with E-state index in [9.17, 15) is 13.6 Å². The fraction of sp³-hybridized carbons (Fsp3) is 0.588. The predicted octanol–water partition coefficient (Wildman–Crippen LogP) is 3.17. The molecule has 0 saturated carbocycles. The van der Waals surface area contributed by atoms with Gasteiger partial charge in [-0.3, -0.25) is 18.3 Å². The lowest BCUT2D eigenvalue weighted by molar-refractivity contribution is -0.117. The molecule has 0 aliphatic carbocycles. The van der Waals surface area contributed by atoms with E-state index >= 15 is 0 Å². The molecular weight excluding hydrogens is 298 g/mol. The van der Waals surface area contributed by atoms with Crippen LogP contribution in [0.3, 0.4) is 0 Å². The van der Waals surface area contributed by atoms with Crippen LogP contribution in [0.25, 0.3) is 0 Å². The first-order valence-corrected chi connectivity index (χ1v) is 7.42. The number of ketones is 1. The van der Waals surface area contributed by atoms with Gasteiger partial charge in [0.1, 0.15) is 12.5 Å². The number of unbranched alkanes of at least 4 members (excludes halogenated alkanes) is 1. The summed E-state index contributed by atoms with van der Waals surface area (Å²) in [5.41, 5.74) is 0.631. The lowest BCUT2D eigenvalue weighted by Crippen LogP contribution is -2.03. The number of hydrogen-bond donors (Lipinski definition) is 0. The molecule has 0 saturated heterocycles. The number of rotatable bonds is 7. The number of hydrogen-bond acceptors (Lipinski definition) is 3. The van der Waals surface area contributed by atoms with E-state index in [1.807, 2.05) is 0 Å². The second-order valence-corrected chi connectivity index (χ2v) is 4.46. The molecule has 0 amide bonds. The Morgan fingerprint density at radius 3 is 2.26 bits per heavy atom. The molecule has 6 heteroatoms. The van der Waals surface area contributed by atoms with Crippen LogP contribution in [0, 0.1) is 24.7 Å². The lowest BCUT2D eigenvalue weighted by atomic mass is 10.3. The molecule has 1 heterocycles. The first-order chi connectivity index (χ1) is 11.0. The zero-order chi connectivity index (χ0) is 17.9. The zero-order valence-corrected chi connectivity index (χ0v) is 13.9. The van der Waals surface area contributed by atoms with Crippen molar-refractivity contribution in [1.82, 2.24) is 15.0 Å². The van der Waals surface area contributed by atoms with Gasteiger partial charge in [-0.15, -0.1) is 29.8 Å². The highest BCUT2D eigenvalue weighted by atomic mass is 18.2. The van der Waals surface area contributed by atoms with E-state index in [0.29, 0.717) is 25.1 Å². The smallest absolute Gasteiger partial charge is 0.131 e. The number of halogens is 2. The molecule has 0 aromatic carbocycles. The van der Waals surface area contributed by atoms with Crippen molar-refractivity contribution in [3.05, 3.63) is 11.9 Å². The minimum atomic E-state index is -0.425. The molecule has 1 aromatic rings. The van der Waals surface area contributed by atoms with E-state index in [1.165, 1.54) is 6.92 Å². The van der Waals surface area contributed by atoms with Crippen molar-refractivity contribution in [1.29, 1.82) is 0 Å². The highest BCUT2D eigenvalue weighted by molar-refractivity contribution is 5.75. The standard InChI is InChI=1S/C8H12FN3O.C5H8.C4H5F/c1-7(13)3-5-12-6-8(2-4-9)10-11-12;1-3-5-4-2;1-2-3-4-5/h6H,2-5H2,1H3;1H,4-5H2,2H3;1H,3-4H2/i9-1;;5-1. The minimum Gasteiger partial charge on any atom is -0.300 e. The lowest BCUT2D eigenvalue weighted by Gasteiger charge is -1.94. The minimum absolute atomic E-state index is 0.113. The third-order valence-electron chi connectivity index (χ3n) is 2.26. The molecule has 0 aliphatic heterocycles. The van der Waals surface area contributed by atoms with Gasteiger partial charge in [-0.25, -0.2) is 0 Å². The van der Waals surface area contributed by atoms with Crippen molar-refractivity contribution in [2.45, 2.75) is 52.5 Å². The van der Waals surface area contributed by atoms with Crippen molar-refractivity contribution in [2.75, 3.05) is 13.3 Å². The Labute approximate surface area is 137 Å². The fourth-order valence-corrected chi connectivity index (χ4v) is 1.13. The summed E-state index contributed by atoms with van der Waals surface area (Å²) in [4.78, 5) is 10.6. The largest absolute Gasteiger partial charge is 0.300 e. The number of alkyl halides is 2. The van der Waals surface area contributed by atoms with E-state index < -0.39 is 13.3 Å². The summed E-state index contributed by atoms with van der Waals surface area (Å²) in [6, 6.07) is 0. The van der Waals surface area contributed by atoms with Crippen LogP contribution in [-0.2, 0) is 17.8 Å². The normalized spacial score (nSPS) is 8.61. The Morgan fingerprint density at radius 2 is 1.91 bits per heavy atom. The number of carbonyl (C=O) groups is 1. The van der Waals surface area contributed by atoms with Gasteiger partial charge in [-0.1, -0.05) is 12.1 Å². The Balaban J connectivity index is 0. The van der Waals surface area contributed by atoms with E-state index in [0.717, 1.165) is 12.8 Å². The third kappa shape index (κ3) is 17.7. The second kappa shape index (κ2) is 17.8. The monoisotopic (exact) mass is 323 g/mol. The molecule has 4 nitrogen and oxygen atoms in total. The molecule has 0 fully saturated rings. The molecule has 1 rings (SSSR count). The molecule has 1 aromatic heterocycles. The topological polar surface area (TPSA) is 47.8 Å². The Bertz CT molecular complexity index is 471. The van der Waals surface area contributed by atoms with Crippen LogP contribution in [0.15, 0.2) is 6.20 Å². The predicted molar refractivity (Wildman–Crippen MR) is 88.2 cm³/mol. The zero-order valence-electron chi connectivity index (χ0n) is 13.9. The summed E-state index contributed by atoms with van der Waals surface area (Å²) in [6.07, 6.45) is 14.2. The summed E-state index contributed by atoms with van der Waals surface area (Å²) >= 11 is 0. The van der Waals surface area contributed by atoms with Gasteiger partial charge in [0.25, 0.3) is 0 Å². The summed E-state index contributed by atoms with van der Waals surface area (Å²) in [7, 11) is 0. The number of terminal acetylenes is 2.